The van der Waals surface area contributed by atoms with Crippen molar-refractivity contribution in [2.24, 2.45) is 0 Å². The second kappa shape index (κ2) is 10.5. The standard InChI is InChI=1S/C25H36N2O2/c1-4-5-6-7-8-9-12-16-27-17-15-21-20-13-10-11-14-23(20)26-24(21)22(18-27)25(28)29-19(2)3/h10-11,13-14,18-19,26H,4-9,12,15-17H2,1-3H3. The number of benzene rings is 1. The second-order valence-electron chi connectivity index (χ2n) is 8.43. The first-order valence-corrected chi connectivity index (χ1v) is 11.4. The Labute approximate surface area is 175 Å². The third kappa shape index (κ3) is 5.65. The predicted molar refractivity (Wildman–Crippen MR) is 121 cm³/mol. The average molecular weight is 397 g/mol. The van der Waals surface area contributed by atoms with Gasteiger partial charge in [0.1, 0.15) is 0 Å². The molecule has 158 valence electrons. The number of nitrogens with one attached hydrogen (secondary N) is 1. The molecule has 0 atom stereocenters. The lowest BCUT2D eigenvalue weighted by Crippen LogP contribution is -2.22. The summed E-state index contributed by atoms with van der Waals surface area (Å²) >= 11 is 0. The molecule has 0 saturated heterocycles. The number of para-hydroxylation sites is 1. The van der Waals surface area contributed by atoms with Crippen molar-refractivity contribution in [2.45, 2.75) is 78.2 Å². The fourth-order valence-corrected chi connectivity index (χ4v) is 4.14. The summed E-state index contributed by atoms with van der Waals surface area (Å²) in [5, 5.41) is 1.21. The van der Waals surface area contributed by atoms with Gasteiger partial charge in [-0.2, -0.15) is 0 Å². The zero-order chi connectivity index (χ0) is 20.6. The van der Waals surface area contributed by atoms with Gasteiger partial charge in [-0.3, -0.25) is 0 Å². The highest BCUT2D eigenvalue weighted by molar-refractivity contribution is 6.17. The van der Waals surface area contributed by atoms with E-state index in [1.165, 1.54) is 55.9 Å². The summed E-state index contributed by atoms with van der Waals surface area (Å²) in [5.41, 5.74) is 3.90. The maximum absolute atomic E-state index is 12.9. The maximum Gasteiger partial charge on any atom is 0.342 e. The molecule has 4 heteroatoms. The number of ether oxygens (including phenoxy) is 1. The van der Waals surface area contributed by atoms with Gasteiger partial charge >= 0.3 is 5.97 Å². The predicted octanol–water partition coefficient (Wildman–Crippen LogP) is 6.07. The van der Waals surface area contributed by atoms with Gasteiger partial charge in [-0.25, -0.2) is 4.79 Å². The van der Waals surface area contributed by atoms with Gasteiger partial charge in [0.05, 0.1) is 17.4 Å². The minimum Gasteiger partial charge on any atom is -0.459 e. The fourth-order valence-electron chi connectivity index (χ4n) is 4.14. The van der Waals surface area contributed by atoms with Crippen molar-refractivity contribution in [1.82, 2.24) is 9.88 Å². The van der Waals surface area contributed by atoms with Gasteiger partial charge in [0.2, 0.25) is 0 Å². The Morgan fingerprint density at radius 2 is 1.83 bits per heavy atom. The smallest absolute Gasteiger partial charge is 0.342 e. The van der Waals surface area contributed by atoms with E-state index in [1.54, 1.807) is 0 Å². The molecule has 2 heterocycles. The highest BCUT2D eigenvalue weighted by atomic mass is 16.5. The molecule has 1 aliphatic heterocycles. The summed E-state index contributed by atoms with van der Waals surface area (Å²) in [6.07, 6.45) is 11.9. The number of carbonyl (C=O) groups is 1. The van der Waals surface area contributed by atoms with E-state index in [2.05, 4.69) is 35.0 Å². The first-order chi connectivity index (χ1) is 14.1. The van der Waals surface area contributed by atoms with Gasteiger partial charge in [0.15, 0.2) is 0 Å². The van der Waals surface area contributed by atoms with Crippen molar-refractivity contribution in [3.8, 4) is 0 Å². The molecular weight excluding hydrogens is 360 g/mol. The quantitative estimate of drug-likeness (QED) is 0.392. The summed E-state index contributed by atoms with van der Waals surface area (Å²) in [4.78, 5) is 18.7. The fraction of sp³-hybridized carbons (Fsp3) is 0.560. The Morgan fingerprint density at radius 1 is 1.10 bits per heavy atom. The van der Waals surface area contributed by atoms with Crippen LogP contribution in [-0.4, -0.2) is 35.0 Å². The molecule has 2 aromatic rings. The Balaban J connectivity index is 1.73. The Kier molecular flexibility index (Phi) is 7.79. The van der Waals surface area contributed by atoms with Gasteiger partial charge in [0.25, 0.3) is 0 Å². The van der Waals surface area contributed by atoms with E-state index in [1.807, 2.05) is 26.1 Å². The number of nitrogens with zero attached hydrogens (tertiary/aromatic N) is 1. The number of carbonyl (C=O) groups excluding carboxylic acids is 1. The zero-order valence-electron chi connectivity index (χ0n) is 18.3. The molecule has 0 spiro atoms. The highest BCUT2D eigenvalue weighted by Crippen LogP contribution is 2.31. The van der Waals surface area contributed by atoms with Crippen LogP contribution in [0.4, 0.5) is 0 Å². The van der Waals surface area contributed by atoms with E-state index in [0.717, 1.165) is 30.7 Å². The molecule has 1 aliphatic rings. The van der Waals surface area contributed by atoms with Crippen LogP contribution in [0.5, 0.6) is 0 Å². The molecule has 0 fully saturated rings. The van der Waals surface area contributed by atoms with E-state index >= 15 is 0 Å². The first kappa shape index (κ1) is 21.5. The van der Waals surface area contributed by atoms with Crippen molar-refractivity contribution in [2.75, 3.05) is 13.1 Å². The normalized spacial score (nSPS) is 14.1. The second-order valence-corrected chi connectivity index (χ2v) is 8.43. The largest absolute Gasteiger partial charge is 0.459 e. The molecule has 0 saturated carbocycles. The number of rotatable bonds is 10. The number of unbranched alkanes of at least 4 members (excludes halogenated alkanes) is 6. The van der Waals surface area contributed by atoms with Crippen LogP contribution in [0, 0.1) is 0 Å². The van der Waals surface area contributed by atoms with Gasteiger partial charge in [-0.1, -0.05) is 63.6 Å². The Morgan fingerprint density at radius 3 is 2.59 bits per heavy atom. The van der Waals surface area contributed by atoms with Crippen molar-refractivity contribution in [3.63, 3.8) is 0 Å². The molecular formula is C25H36N2O2. The van der Waals surface area contributed by atoms with Crippen molar-refractivity contribution in [3.05, 3.63) is 41.7 Å². The van der Waals surface area contributed by atoms with E-state index in [-0.39, 0.29) is 12.1 Å². The Hall–Kier alpha value is -2.23. The molecule has 0 radical (unpaired) electrons. The maximum atomic E-state index is 12.9. The van der Waals surface area contributed by atoms with E-state index in [9.17, 15) is 4.79 Å². The number of H-pyrrole nitrogens is 1. The van der Waals surface area contributed by atoms with E-state index in [0.29, 0.717) is 5.57 Å². The topological polar surface area (TPSA) is 45.3 Å². The number of aromatic amines is 1. The number of fused-ring (bicyclic) bond motifs is 3. The van der Waals surface area contributed by atoms with Crippen molar-refractivity contribution >= 4 is 22.4 Å². The van der Waals surface area contributed by atoms with Crippen molar-refractivity contribution in [1.29, 1.82) is 0 Å². The van der Waals surface area contributed by atoms with Gasteiger partial charge < -0.3 is 14.6 Å². The van der Waals surface area contributed by atoms with Crippen LogP contribution in [0.2, 0.25) is 0 Å². The minimum absolute atomic E-state index is 0.129. The molecule has 0 aliphatic carbocycles. The summed E-state index contributed by atoms with van der Waals surface area (Å²) < 4.78 is 5.57. The summed E-state index contributed by atoms with van der Waals surface area (Å²) in [5.74, 6) is -0.237. The van der Waals surface area contributed by atoms with Gasteiger partial charge in [0, 0.05) is 30.2 Å². The van der Waals surface area contributed by atoms with Crippen LogP contribution in [0.25, 0.3) is 16.5 Å². The number of hydrogen-bond acceptors (Lipinski definition) is 3. The SMILES string of the molecule is CCCCCCCCCN1C=C(C(=O)OC(C)C)c2[nH]c3ccccc3c2CC1. The lowest BCUT2D eigenvalue weighted by Gasteiger charge is -2.20. The molecule has 29 heavy (non-hydrogen) atoms. The minimum atomic E-state index is -0.237. The molecule has 1 N–H and O–H groups in total. The molecule has 4 nitrogen and oxygen atoms in total. The third-order valence-corrected chi connectivity index (χ3v) is 5.66. The molecule has 0 unspecified atom stereocenters. The van der Waals surface area contributed by atoms with E-state index < -0.39 is 0 Å². The summed E-state index contributed by atoms with van der Waals surface area (Å²) in [6.45, 7) is 7.99. The first-order valence-electron chi connectivity index (χ1n) is 11.4. The molecule has 1 aromatic heterocycles. The van der Waals surface area contributed by atoms with Crippen LogP contribution >= 0.6 is 0 Å². The van der Waals surface area contributed by atoms with Crippen LogP contribution in [-0.2, 0) is 16.0 Å². The number of hydrogen-bond donors (Lipinski definition) is 1. The lowest BCUT2D eigenvalue weighted by atomic mass is 10.0. The average Bonchev–Trinajstić information content (AvgIpc) is 2.96. The van der Waals surface area contributed by atoms with Gasteiger partial charge in [-0.05, 0) is 38.3 Å². The lowest BCUT2D eigenvalue weighted by molar-refractivity contribution is -0.140. The van der Waals surface area contributed by atoms with Gasteiger partial charge in [-0.15, -0.1) is 0 Å². The third-order valence-electron chi connectivity index (χ3n) is 5.66. The van der Waals surface area contributed by atoms with Crippen LogP contribution in [0.15, 0.2) is 30.5 Å². The van der Waals surface area contributed by atoms with E-state index in [4.69, 9.17) is 4.74 Å². The highest BCUT2D eigenvalue weighted by Gasteiger charge is 2.25. The van der Waals surface area contributed by atoms with Crippen LogP contribution in [0.3, 0.4) is 0 Å². The number of esters is 1. The molecule has 0 amide bonds. The zero-order valence-corrected chi connectivity index (χ0v) is 18.3. The molecule has 1 aromatic carbocycles. The Bertz CT molecular complexity index is 834. The summed E-state index contributed by atoms with van der Waals surface area (Å²) in [6, 6.07) is 8.31. The molecule has 0 bridgehead atoms. The van der Waals surface area contributed by atoms with Crippen LogP contribution < -0.4 is 0 Å². The summed E-state index contributed by atoms with van der Waals surface area (Å²) in [7, 11) is 0. The monoisotopic (exact) mass is 396 g/mol. The molecule has 3 rings (SSSR count). The van der Waals surface area contributed by atoms with Crippen LogP contribution in [0.1, 0.15) is 77.0 Å². The number of aromatic nitrogens is 1. The van der Waals surface area contributed by atoms with Crippen molar-refractivity contribution < 1.29 is 9.53 Å².